The van der Waals surface area contributed by atoms with Gasteiger partial charge in [-0.15, -0.1) is 11.3 Å². The molecule has 6 nitrogen and oxygen atoms in total. The van der Waals surface area contributed by atoms with E-state index in [1.54, 1.807) is 6.92 Å². The third kappa shape index (κ3) is 5.67. The Morgan fingerprint density at radius 3 is 2.55 bits per heavy atom. The summed E-state index contributed by atoms with van der Waals surface area (Å²) < 4.78 is 0. The molecule has 0 fully saturated rings. The zero-order valence-corrected chi connectivity index (χ0v) is 17.3. The Morgan fingerprint density at radius 2 is 1.83 bits per heavy atom. The van der Waals surface area contributed by atoms with Crippen LogP contribution in [0.2, 0.25) is 0 Å². The van der Waals surface area contributed by atoms with Gasteiger partial charge in [0.25, 0.3) is 5.91 Å². The Labute approximate surface area is 174 Å². The highest BCUT2D eigenvalue weighted by atomic mass is 32.1. The Bertz CT molecular complexity index is 892. The number of aliphatic carboxylic acids is 1. The molecule has 2 aromatic rings. The predicted octanol–water partition coefficient (Wildman–Crippen LogP) is 4.00. The summed E-state index contributed by atoms with van der Waals surface area (Å²) in [4.78, 5) is 37.4. The second kappa shape index (κ2) is 9.69. The van der Waals surface area contributed by atoms with Crippen molar-refractivity contribution < 1.29 is 19.5 Å². The number of carbonyl (C=O) groups excluding carboxylic acids is 2. The van der Waals surface area contributed by atoms with Crippen LogP contribution in [0.3, 0.4) is 0 Å². The number of aryl methyl sites for hydroxylation is 1. The van der Waals surface area contributed by atoms with Gasteiger partial charge < -0.3 is 15.7 Å². The highest BCUT2D eigenvalue weighted by Crippen LogP contribution is 2.38. The van der Waals surface area contributed by atoms with Gasteiger partial charge in [-0.3, -0.25) is 14.4 Å². The summed E-state index contributed by atoms with van der Waals surface area (Å²) in [7, 11) is 0. The molecule has 3 N–H and O–H groups in total. The van der Waals surface area contributed by atoms with Gasteiger partial charge in [-0.25, -0.2) is 0 Å². The predicted molar refractivity (Wildman–Crippen MR) is 113 cm³/mol. The highest BCUT2D eigenvalue weighted by Gasteiger charge is 2.26. The summed E-state index contributed by atoms with van der Waals surface area (Å²) in [5.74, 6) is -1.62. The van der Waals surface area contributed by atoms with E-state index in [9.17, 15) is 14.4 Å². The van der Waals surface area contributed by atoms with E-state index < -0.39 is 5.97 Å². The summed E-state index contributed by atoms with van der Waals surface area (Å²) in [6.07, 6.45) is 3.93. The van der Waals surface area contributed by atoms with Crippen LogP contribution in [0.15, 0.2) is 30.3 Å². The molecule has 3 rings (SSSR count). The van der Waals surface area contributed by atoms with Crippen molar-refractivity contribution in [3.05, 3.63) is 51.9 Å². The average molecular weight is 415 g/mol. The lowest BCUT2D eigenvalue weighted by molar-refractivity contribution is -0.138. The first-order valence-electron chi connectivity index (χ1n) is 9.92. The molecule has 0 saturated heterocycles. The van der Waals surface area contributed by atoms with Gasteiger partial charge in [0.1, 0.15) is 5.00 Å². The zero-order chi connectivity index (χ0) is 20.8. The van der Waals surface area contributed by atoms with Crippen molar-refractivity contribution in [2.75, 3.05) is 5.32 Å². The summed E-state index contributed by atoms with van der Waals surface area (Å²) >= 11 is 1.47. The fourth-order valence-electron chi connectivity index (χ4n) is 3.63. The molecule has 2 amide bonds. The molecular formula is C22H26N2O4S. The number of nitrogens with one attached hydrogen (secondary N) is 2. The third-order valence-electron chi connectivity index (χ3n) is 5.00. The lowest BCUT2D eigenvalue weighted by Gasteiger charge is -2.14. The Hall–Kier alpha value is -2.67. The molecule has 0 saturated carbocycles. The number of thiophene rings is 1. The monoisotopic (exact) mass is 414 g/mol. The van der Waals surface area contributed by atoms with Gasteiger partial charge in [-0.05, 0) is 42.7 Å². The third-order valence-corrected chi connectivity index (χ3v) is 6.21. The van der Waals surface area contributed by atoms with Crippen LogP contribution in [0.4, 0.5) is 5.00 Å². The fourth-order valence-corrected chi connectivity index (χ4v) is 4.93. The van der Waals surface area contributed by atoms with Crippen molar-refractivity contribution in [3.63, 3.8) is 0 Å². The van der Waals surface area contributed by atoms with Crippen LogP contribution in [0.5, 0.6) is 0 Å². The minimum atomic E-state index is -0.919. The van der Waals surface area contributed by atoms with E-state index in [0.717, 1.165) is 41.7 Å². The SMILES string of the molecule is C[C@@H](CC(=O)O)CC(=O)Nc1sc2c(c1C(=O)NCc1ccccc1)CCCC2. The van der Waals surface area contributed by atoms with Crippen LogP contribution >= 0.6 is 11.3 Å². The summed E-state index contributed by atoms with van der Waals surface area (Å²) in [5, 5.41) is 15.3. The fraction of sp³-hybridized carbons (Fsp3) is 0.409. The number of carbonyl (C=O) groups is 3. The van der Waals surface area contributed by atoms with Crippen LogP contribution in [-0.4, -0.2) is 22.9 Å². The molecule has 0 unspecified atom stereocenters. The van der Waals surface area contributed by atoms with E-state index in [4.69, 9.17) is 5.11 Å². The van der Waals surface area contributed by atoms with Gasteiger partial charge in [0.2, 0.25) is 5.91 Å². The number of rotatable bonds is 8. The quantitative estimate of drug-likeness (QED) is 0.608. The van der Waals surface area contributed by atoms with Crippen molar-refractivity contribution in [2.24, 2.45) is 5.92 Å². The Kier molecular flexibility index (Phi) is 7.04. The normalized spacial score (nSPS) is 14.0. The number of fused-ring (bicyclic) bond motifs is 1. The molecule has 0 aliphatic heterocycles. The molecule has 154 valence electrons. The smallest absolute Gasteiger partial charge is 0.303 e. The minimum Gasteiger partial charge on any atom is -0.481 e. The van der Waals surface area contributed by atoms with Gasteiger partial charge in [0.15, 0.2) is 0 Å². The van der Waals surface area contributed by atoms with E-state index in [-0.39, 0.29) is 30.6 Å². The maximum atomic E-state index is 13.0. The maximum absolute atomic E-state index is 13.0. The number of hydrogen-bond donors (Lipinski definition) is 3. The van der Waals surface area contributed by atoms with E-state index in [0.29, 0.717) is 17.1 Å². The number of carboxylic acids is 1. The lowest BCUT2D eigenvalue weighted by Crippen LogP contribution is -2.25. The van der Waals surface area contributed by atoms with Crippen LogP contribution < -0.4 is 10.6 Å². The Morgan fingerprint density at radius 1 is 1.10 bits per heavy atom. The summed E-state index contributed by atoms with van der Waals surface area (Å²) in [6, 6.07) is 9.70. The molecule has 7 heteroatoms. The molecular weight excluding hydrogens is 388 g/mol. The van der Waals surface area contributed by atoms with Crippen LogP contribution in [0.1, 0.15) is 59.0 Å². The molecule has 1 aliphatic carbocycles. The van der Waals surface area contributed by atoms with Gasteiger partial charge >= 0.3 is 5.97 Å². The first-order valence-corrected chi connectivity index (χ1v) is 10.7. The van der Waals surface area contributed by atoms with E-state index in [1.807, 2.05) is 30.3 Å². The van der Waals surface area contributed by atoms with Crippen LogP contribution in [0.25, 0.3) is 0 Å². The second-order valence-corrected chi connectivity index (χ2v) is 8.64. The molecule has 1 aromatic heterocycles. The van der Waals surface area contributed by atoms with Gasteiger partial charge in [-0.1, -0.05) is 37.3 Å². The number of hydrogen-bond acceptors (Lipinski definition) is 4. The Balaban J connectivity index is 1.74. The number of carboxylic acid groups (broad SMARTS) is 1. The average Bonchev–Trinajstić information content (AvgIpc) is 3.03. The first-order chi connectivity index (χ1) is 13.9. The zero-order valence-electron chi connectivity index (χ0n) is 16.5. The van der Waals surface area contributed by atoms with Gasteiger partial charge in [0.05, 0.1) is 5.56 Å². The highest BCUT2D eigenvalue weighted by molar-refractivity contribution is 7.17. The number of benzene rings is 1. The van der Waals surface area contributed by atoms with Crippen molar-refractivity contribution in [2.45, 2.75) is 52.0 Å². The van der Waals surface area contributed by atoms with Crippen LogP contribution in [0, 0.1) is 5.92 Å². The molecule has 1 aromatic carbocycles. The largest absolute Gasteiger partial charge is 0.481 e. The van der Waals surface area contributed by atoms with Gasteiger partial charge in [-0.2, -0.15) is 0 Å². The lowest BCUT2D eigenvalue weighted by atomic mass is 9.95. The standard InChI is InChI=1S/C22H26N2O4S/c1-14(12-19(26)27)11-18(25)24-22-20(16-9-5-6-10-17(16)29-22)21(28)23-13-15-7-3-2-4-8-15/h2-4,7-8,14H,5-6,9-13H2,1H3,(H,23,28)(H,24,25)(H,26,27)/t14-/m1/s1. The van der Waals surface area contributed by atoms with Crippen molar-refractivity contribution in [3.8, 4) is 0 Å². The molecule has 1 atom stereocenters. The van der Waals surface area contributed by atoms with E-state index in [1.165, 1.54) is 11.3 Å². The molecule has 29 heavy (non-hydrogen) atoms. The van der Waals surface area contributed by atoms with Crippen molar-refractivity contribution in [1.82, 2.24) is 5.32 Å². The number of anilines is 1. The van der Waals surface area contributed by atoms with E-state index in [2.05, 4.69) is 10.6 Å². The summed E-state index contributed by atoms with van der Waals surface area (Å²) in [5.41, 5.74) is 2.62. The van der Waals surface area contributed by atoms with E-state index >= 15 is 0 Å². The minimum absolute atomic E-state index is 0.0568. The first kappa shape index (κ1) is 21.0. The van der Waals surface area contributed by atoms with Crippen LogP contribution in [-0.2, 0) is 29.0 Å². The summed E-state index contributed by atoms with van der Waals surface area (Å²) in [6.45, 7) is 2.16. The second-order valence-electron chi connectivity index (χ2n) is 7.54. The van der Waals surface area contributed by atoms with Crippen molar-refractivity contribution >= 4 is 34.1 Å². The van der Waals surface area contributed by atoms with Gasteiger partial charge in [0, 0.05) is 24.3 Å². The number of amides is 2. The molecule has 0 spiro atoms. The topological polar surface area (TPSA) is 95.5 Å². The molecule has 0 radical (unpaired) electrons. The molecule has 1 heterocycles. The van der Waals surface area contributed by atoms with Crippen molar-refractivity contribution in [1.29, 1.82) is 0 Å². The molecule has 0 bridgehead atoms. The maximum Gasteiger partial charge on any atom is 0.303 e. The molecule has 1 aliphatic rings.